The predicted molar refractivity (Wildman–Crippen MR) is 111 cm³/mol. The molecule has 0 saturated carbocycles. The average Bonchev–Trinajstić information content (AvgIpc) is 3.34. The average molecular weight is 395 g/mol. The van der Waals surface area contributed by atoms with Gasteiger partial charge in [0, 0.05) is 31.4 Å². The molecule has 0 aliphatic carbocycles. The van der Waals surface area contributed by atoms with Crippen LogP contribution in [0.5, 0.6) is 0 Å². The molecule has 4 aromatic rings. The second-order valence-electron chi connectivity index (χ2n) is 6.23. The molecule has 28 heavy (non-hydrogen) atoms. The van der Waals surface area contributed by atoms with E-state index < -0.39 is 0 Å². The van der Waals surface area contributed by atoms with Gasteiger partial charge >= 0.3 is 0 Å². The number of methoxy groups -OCH3 is 2. The molecule has 0 aliphatic rings. The molecule has 0 atom stereocenters. The highest BCUT2D eigenvalue weighted by Crippen LogP contribution is 2.37. The van der Waals surface area contributed by atoms with Crippen molar-refractivity contribution in [3.63, 3.8) is 0 Å². The van der Waals surface area contributed by atoms with E-state index in [1.54, 1.807) is 31.8 Å². The van der Waals surface area contributed by atoms with Gasteiger partial charge in [0.2, 0.25) is 0 Å². The molecule has 0 spiro atoms. The van der Waals surface area contributed by atoms with Gasteiger partial charge in [0.1, 0.15) is 17.3 Å². The fourth-order valence-electron chi connectivity index (χ4n) is 2.97. The minimum absolute atomic E-state index is 0.357. The predicted octanol–water partition coefficient (Wildman–Crippen LogP) is 4.09. The molecule has 0 fully saturated rings. The Bertz CT molecular complexity index is 1060. The van der Waals surface area contributed by atoms with E-state index in [4.69, 9.17) is 14.5 Å². The maximum atomic E-state index is 5.24. The van der Waals surface area contributed by atoms with Crippen LogP contribution in [-0.4, -0.2) is 40.6 Å². The van der Waals surface area contributed by atoms with Crippen LogP contribution < -0.4 is 5.32 Å². The van der Waals surface area contributed by atoms with Crippen LogP contribution in [0.3, 0.4) is 0 Å². The number of aromatic nitrogens is 4. The number of benzene rings is 1. The summed E-state index contributed by atoms with van der Waals surface area (Å²) < 4.78 is 12.2. The van der Waals surface area contributed by atoms with Crippen LogP contribution in [0.15, 0.2) is 48.1 Å². The molecule has 3 aromatic heterocycles. The van der Waals surface area contributed by atoms with Gasteiger partial charge in [-0.25, -0.2) is 9.97 Å². The fraction of sp³-hybridized carbons (Fsp3) is 0.250. The highest BCUT2D eigenvalue weighted by atomic mass is 32.1. The Balaban J connectivity index is 1.76. The number of nitrogens with one attached hydrogen (secondary N) is 1. The van der Waals surface area contributed by atoms with Gasteiger partial charge in [-0.3, -0.25) is 4.68 Å². The van der Waals surface area contributed by atoms with Crippen LogP contribution in [0.25, 0.3) is 21.3 Å². The maximum absolute atomic E-state index is 5.24. The van der Waals surface area contributed by atoms with Crippen LogP contribution in [-0.2, 0) is 22.6 Å². The second kappa shape index (κ2) is 8.47. The largest absolute Gasteiger partial charge is 0.383 e. The Morgan fingerprint density at radius 1 is 1.11 bits per heavy atom. The summed E-state index contributed by atoms with van der Waals surface area (Å²) in [7, 11) is 3.32. The van der Waals surface area contributed by atoms with Gasteiger partial charge in [0.25, 0.3) is 0 Å². The molecule has 8 heteroatoms. The summed E-state index contributed by atoms with van der Waals surface area (Å²) in [5, 5.41) is 10.9. The normalized spacial score (nSPS) is 11.2. The summed E-state index contributed by atoms with van der Waals surface area (Å²) in [5.74, 6) is 1.40. The van der Waals surface area contributed by atoms with Gasteiger partial charge in [0.05, 0.1) is 30.4 Å². The first-order chi connectivity index (χ1) is 13.8. The Kier molecular flexibility index (Phi) is 5.61. The van der Waals surface area contributed by atoms with Crippen molar-refractivity contribution in [3.05, 3.63) is 53.9 Å². The number of anilines is 2. The third-order valence-electron chi connectivity index (χ3n) is 4.26. The van der Waals surface area contributed by atoms with Crippen molar-refractivity contribution in [1.82, 2.24) is 19.7 Å². The zero-order chi connectivity index (χ0) is 19.3. The Hall–Kier alpha value is -2.81. The van der Waals surface area contributed by atoms with Crippen LogP contribution >= 0.6 is 11.3 Å². The lowest BCUT2D eigenvalue weighted by molar-refractivity contribution is 0.178. The van der Waals surface area contributed by atoms with E-state index in [2.05, 4.69) is 32.9 Å². The van der Waals surface area contributed by atoms with E-state index in [1.807, 2.05) is 29.1 Å². The molecule has 4 rings (SSSR count). The zero-order valence-electron chi connectivity index (χ0n) is 15.8. The summed E-state index contributed by atoms with van der Waals surface area (Å²) in [6.45, 7) is 1.66. The molecule has 3 heterocycles. The Morgan fingerprint density at radius 2 is 1.96 bits per heavy atom. The Labute approximate surface area is 167 Å². The molecule has 0 aliphatic heterocycles. The van der Waals surface area contributed by atoms with E-state index in [1.165, 1.54) is 0 Å². The fourth-order valence-corrected chi connectivity index (χ4v) is 3.94. The third kappa shape index (κ3) is 3.89. The van der Waals surface area contributed by atoms with Crippen molar-refractivity contribution >= 4 is 33.1 Å². The Morgan fingerprint density at radius 3 is 2.75 bits per heavy atom. The lowest BCUT2D eigenvalue weighted by atomic mass is 10.1. The molecule has 7 nitrogen and oxygen atoms in total. The van der Waals surface area contributed by atoms with Crippen molar-refractivity contribution in [2.75, 3.05) is 26.1 Å². The monoisotopic (exact) mass is 395 g/mol. The van der Waals surface area contributed by atoms with Crippen molar-refractivity contribution in [2.24, 2.45) is 0 Å². The molecular formula is C20H21N5O2S. The summed E-state index contributed by atoms with van der Waals surface area (Å²) in [5.41, 5.74) is 3.11. The minimum atomic E-state index is 0.357. The molecule has 1 aromatic carbocycles. The topological polar surface area (TPSA) is 74.1 Å². The summed E-state index contributed by atoms with van der Waals surface area (Å²) in [6, 6.07) is 10.3. The highest BCUT2D eigenvalue weighted by molar-refractivity contribution is 7.17. The standard InChI is InChI=1S/C20H21N5O2S/c1-26-9-8-25-11-15(10-21-25)22-19-18-16(14-6-4-3-5-7-14)13-28-20(18)24-17(23-19)12-27-2/h3-7,10-11,13H,8-9,12H2,1-2H3,(H,22,23,24). The van der Waals surface area contributed by atoms with E-state index in [0.29, 0.717) is 25.6 Å². The van der Waals surface area contributed by atoms with Crippen molar-refractivity contribution in [3.8, 4) is 11.1 Å². The van der Waals surface area contributed by atoms with Crippen LogP contribution in [0.2, 0.25) is 0 Å². The molecule has 0 bridgehead atoms. The SMILES string of the molecule is COCCn1cc(Nc2nc(COC)nc3scc(-c4ccccc4)c23)cn1. The molecule has 0 radical (unpaired) electrons. The zero-order valence-corrected chi connectivity index (χ0v) is 16.6. The van der Waals surface area contributed by atoms with Crippen molar-refractivity contribution in [2.45, 2.75) is 13.2 Å². The van der Waals surface area contributed by atoms with Crippen molar-refractivity contribution in [1.29, 1.82) is 0 Å². The number of hydrogen-bond donors (Lipinski definition) is 1. The lowest BCUT2D eigenvalue weighted by Crippen LogP contribution is -2.04. The molecule has 0 saturated heterocycles. The number of nitrogens with zero attached hydrogens (tertiary/aromatic N) is 4. The first-order valence-electron chi connectivity index (χ1n) is 8.89. The van der Waals surface area contributed by atoms with E-state index in [0.717, 1.165) is 32.8 Å². The number of ether oxygens (including phenoxy) is 2. The lowest BCUT2D eigenvalue weighted by Gasteiger charge is -2.09. The van der Waals surface area contributed by atoms with Gasteiger partial charge in [-0.1, -0.05) is 30.3 Å². The van der Waals surface area contributed by atoms with Crippen molar-refractivity contribution < 1.29 is 9.47 Å². The van der Waals surface area contributed by atoms with E-state index in [9.17, 15) is 0 Å². The van der Waals surface area contributed by atoms with Crippen LogP contribution in [0.1, 0.15) is 5.82 Å². The number of thiophene rings is 1. The van der Waals surface area contributed by atoms with Gasteiger partial charge in [-0.2, -0.15) is 5.10 Å². The smallest absolute Gasteiger partial charge is 0.158 e. The molecule has 0 amide bonds. The van der Waals surface area contributed by atoms with Gasteiger partial charge in [-0.05, 0) is 5.56 Å². The first kappa shape index (κ1) is 18.5. The van der Waals surface area contributed by atoms with E-state index >= 15 is 0 Å². The minimum Gasteiger partial charge on any atom is -0.383 e. The van der Waals surface area contributed by atoms with Crippen LogP contribution in [0, 0.1) is 0 Å². The van der Waals surface area contributed by atoms with E-state index in [-0.39, 0.29) is 0 Å². The second-order valence-corrected chi connectivity index (χ2v) is 7.08. The molecule has 0 unspecified atom stereocenters. The maximum Gasteiger partial charge on any atom is 0.158 e. The number of fused-ring (bicyclic) bond motifs is 1. The molecule has 1 N–H and O–H groups in total. The molecule has 144 valence electrons. The van der Waals surface area contributed by atoms with Gasteiger partial charge in [0.15, 0.2) is 5.82 Å². The quantitative estimate of drug-likeness (QED) is 0.484. The summed E-state index contributed by atoms with van der Waals surface area (Å²) in [4.78, 5) is 10.3. The number of rotatable bonds is 8. The summed E-state index contributed by atoms with van der Waals surface area (Å²) in [6.07, 6.45) is 3.73. The molecular weight excluding hydrogens is 374 g/mol. The van der Waals surface area contributed by atoms with Gasteiger partial charge < -0.3 is 14.8 Å². The highest BCUT2D eigenvalue weighted by Gasteiger charge is 2.16. The number of hydrogen-bond acceptors (Lipinski definition) is 7. The van der Waals surface area contributed by atoms with Gasteiger partial charge in [-0.15, -0.1) is 11.3 Å². The first-order valence-corrected chi connectivity index (χ1v) is 9.77. The van der Waals surface area contributed by atoms with Crippen LogP contribution in [0.4, 0.5) is 11.5 Å². The third-order valence-corrected chi connectivity index (χ3v) is 5.13. The summed E-state index contributed by atoms with van der Waals surface area (Å²) >= 11 is 1.61.